The fourth-order valence-electron chi connectivity index (χ4n) is 3.14. The van der Waals surface area contributed by atoms with Gasteiger partial charge in [-0.25, -0.2) is 0 Å². The van der Waals surface area contributed by atoms with Crippen molar-refractivity contribution in [2.45, 2.75) is 6.54 Å². The average Bonchev–Trinajstić information content (AvgIpc) is 3.34. The van der Waals surface area contributed by atoms with Crippen molar-refractivity contribution in [3.05, 3.63) is 63.4 Å². The van der Waals surface area contributed by atoms with Crippen molar-refractivity contribution in [3.8, 4) is 11.3 Å². The Balaban J connectivity index is 1.39. The third-order valence-corrected chi connectivity index (χ3v) is 5.77. The maximum absolute atomic E-state index is 12.8. The van der Waals surface area contributed by atoms with Crippen LogP contribution in [0.4, 0.5) is 0 Å². The minimum absolute atomic E-state index is 0.00780. The van der Waals surface area contributed by atoms with Crippen molar-refractivity contribution >= 4 is 28.8 Å². The van der Waals surface area contributed by atoms with Crippen LogP contribution in [0.3, 0.4) is 0 Å². The zero-order valence-corrected chi connectivity index (χ0v) is 15.8. The highest BCUT2D eigenvalue weighted by molar-refractivity contribution is 7.09. The van der Waals surface area contributed by atoms with E-state index in [0.717, 1.165) is 38.3 Å². The van der Waals surface area contributed by atoms with Gasteiger partial charge >= 0.3 is 0 Å². The smallest absolute Gasteiger partial charge is 0.271 e. The number of amides is 1. The molecule has 26 heavy (non-hydrogen) atoms. The van der Waals surface area contributed by atoms with Crippen molar-refractivity contribution in [2.24, 2.45) is 0 Å². The molecule has 5 nitrogen and oxygen atoms in total. The summed E-state index contributed by atoms with van der Waals surface area (Å²) in [6.45, 7) is 4.18. The Hall–Kier alpha value is -2.15. The molecule has 1 amide bonds. The molecule has 7 heteroatoms. The first-order valence-electron chi connectivity index (χ1n) is 8.55. The van der Waals surface area contributed by atoms with Crippen LogP contribution in [0.25, 0.3) is 11.3 Å². The van der Waals surface area contributed by atoms with E-state index >= 15 is 0 Å². The number of nitrogens with one attached hydrogen (secondary N) is 1. The lowest BCUT2D eigenvalue weighted by Gasteiger charge is -2.34. The summed E-state index contributed by atoms with van der Waals surface area (Å²) in [5.74, 6) is -0.00780. The fraction of sp³-hybridized carbons (Fsp3) is 0.263. The Morgan fingerprint density at radius 3 is 2.69 bits per heavy atom. The van der Waals surface area contributed by atoms with Gasteiger partial charge in [-0.15, -0.1) is 11.3 Å². The lowest BCUT2D eigenvalue weighted by Crippen LogP contribution is -2.48. The molecule has 1 aliphatic heterocycles. The minimum atomic E-state index is -0.00780. The highest BCUT2D eigenvalue weighted by Crippen LogP contribution is 2.26. The number of rotatable bonds is 4. The van der Waals surface area contributed by atoms with Crippen LogP contribution in [0, 0.1) is 0 Å². The number of aromatic amines is 1. The van der Waals surface area contributed by atoms with Crippen LogP contribution < -0.4 is 0 Å². The third-order valence-electron chi connectivity index (χ3n) is 4.58. The summed E-state index contributed by atoms with van der Waals surface area (Å²) in [5.41, 5.74) is 2.02. The number of nitrogens with zero attached hydrogens (tertiary/aromatic N) is 3. The molecule has 0 atom stereocenters. The molecule has 0 radical (unpaired) electrons. The molecule has 0 bridgehead atoms. The van der Waals surface area contributed by atoms with Crippen molar-refractivity contribution in [1.29, 1.82) is 0 Å². The standard InChI is InChI=1S/C19H19ClN4OS/c20-16-6-2-1-5-15(16)17-12-18(22-21-17)19(25)24-9-7-23(8-10-24)13-14-4-3-11-26-14/h1-6,11-12H,7-10,13H2,(H,21,22). The zero-order chi connectivity index (χ0) is 17.9. The second-order valence-electron chi connectivity index (χ2n) is 6.29. The van der Waals surface area contributed by atoms with Crippen LogP contribution in [-0.4, -0.2) is 52.1 Å². The van der Waals surface area contributed by atoms with Gasteiger partial charge in [-0.1, -0.05) is 35.9 Å². The summed E-state index contributed by atoms with van der Waals surface area (Å²) in [4.78, 5) is 18.4. The topological polar surface area (TPSA) is 52.2 Å². The van der Waals surface area contributed by atoms with Crippen molar-refractivity contribution in [2.75, 3.05) is 26.2 Å². The lowest BCUT2D eigenvalue weighted by molar-refractivity contribution is 0.0624. The Morgan fingerprint density at radius 1 is 1.15 bits per heavy atom. The van der Waals surface area contributed by atoms with E-state index < -0.39 is 0 Å². The van der Waals surface area contributed by atoms with Crippen LogP contribution in [0.2, 0.25) is 5.02 Å². The largest absolute Gasteiger partial charge is 0.335 e. The van der Waals surface area contributed by atoms with Gasteiger partial charge in [0, 0.05) is 43.2 Å². The SMILES string of the molecule is O=C(c1cc(-c2ccccc2Cl)n[nH]1)N1CCN(Cc2cccs2)CC1. The van der Waals surface area contributed by atoms with Crippen molar-refractivity contribution in [3.63, 3.8) is 0 Å². The molecule has 0 saturated carbocycles. The molecule has 1 fully saturated rings. The van der Waals surface area contributed by atoms with Gasteiger partial charge in [-0.05, 0) is 23.6 Å². The molecule has 3 heterocycles. The number of hydrogen-bond donors (Lipinski definition) is 1. The van der Waals surface area contributed by atoms with Crippen LogP contribution in [0.5, 0.6) is 0 Å². The highest BCUT2D eigenvalue weighted by atomic mass is 35.5. The molecule has 2 aromatic heterocycles. The Morgan fingerprint density at radius 2 is 1.96 bits per heavy atom. The maximum Gasteiger partial charge on any atom is 0.271 e. The van der Waals surface area contributed by atoms with Crippen LogP contribution in [-0.2, 0) is 6.54 Å². The zero-order valence-electron chi connectivity index (χ0n) is 14.2. The molecule has 1 saturated heterocycles. The molecule has 4 rings (SSSR count). The maximum atomic E-state index is 12.8. The van der Waals surface area contributed by atoms with Crippen molar-refractivity contribution < 1.29 is 4.79 Å². The van der Waals surface area contributed by atoms with E-state index in [4.69, 9.17) is 11.6 Å². The number of hydrogen-bond acceptors (Lipinski definition) is 4. The van der Waals surface area contributed by atoms with Gasteiger partial charge in [0.05, 0.1) is 10.7 Å². The number of benzene rings is 1. The molecule has 1 N–H and O–H groups in total. The summed E-state index contributed by atoms with van der Waals surface area (Å²) >= 11 is 7.99. The minimum Gasteiger partial charge on any atom is -0.335 e. The number of thiophene rings is 1. The van der Waals surface area contributed by atoms with E-state index in [2.05, 4.69) is 32.6 Å². The monoisotopic (exact) mass is 386 g/mol. The predicted molar refractivity (Wildman–Crippen MR) is 105 cm³/mol. The first-order chi connectivity index (χ1) is 12.7. The number of carbonyl (C=O) groups excluding carboxylic acids is 1. The summed E-state index contributed by atoms with van der Waals surface area (Å²) in [6, 6.07) is 13.5. The summed E-state index contributed by atoms with van der Waals surface area (Å²) < 4.78 is 0. The van der Waals surface area contributed by atoms with E-state index in [1.165, 1.54) is 4.88 Å². The van der Waals surface area contributed by atoms with Gasteiger partial charge in [-0.2, -0.15) is 5.10 Å². The van der Waals surface area contributed by atoms with E-state index in [0.29, 0.717) is 16.4 Å². The second kappa shape index (κ2) is 7.61. The van der Waals surface area contributed by atoms with Crippen LogP contribution in [0.1, 0.15) is 15.4 Å². The summed E-state index contributed by atoms with van der Waals surface area (Å²) in [7, 11) is 0. The van der Waals surface area contributed by atoms with Crippen LogP contribution in [0.15, 0.2) is 47.8 Å². The number of piperazine rings is 1. The van der Waals surface area contributed by atoms with Gasteiger partial charge in [0.1, 0.15) is 5.69 Å². The van der Waals surface area contributed by atoms with E-state index in [1.54, 1.807) is 17.4 Å². The lowest BCUT2D eigenvalue weighted by atomic mass is 10.1. The Labute approximate surface area is 161 Å². The first-order valence-corrected chi connectivity index (χ1v) is 9.81. The first kappa shape index (κ1) is 17.3. The Kier molecular flexibility index (Phi) is 5.06. The van der Waals surface area contributed by atoms with Gasteiger partial charge in [0.15, 0.2) is 0 Å². The molecular formula is C19H19ClN4OS. The molecule has 1 aromatic carbocycles. The van der Waals surface area contributed by atoms with Gasteiger partial charge in [0.25, 0.3) is 5.91 Å². The molecular weight excluding hydrogens is 368 g/mol. The van der Waals surface area contributed by atoms with Gasteiger partial charge in [0.2, 0.25) is 0 Å². The van der Waals surface area contributed by atoms with E-state index in [-0.39, 0.29) is 5.91 Å². The molecule has 1 aliphatic rings. The summed E-state index contributed by atoms with van der Waals surface area (Å²) in [5, 5.41) is 9.85. The molecule has 0 spiro atoms. The molecule has 134 valence electrons. The Bertz CT molecular complexity index is 885. The highest BCUT2D eigenvalue weighted by Gasteiger charge is 2.24. The molecule has 3 aromatic rings. The second-order valence-corrected chi connectivity index (χ2v) is 7.73. The van der Waals surface area contributed by atoms with E-state index in [9.17, 15) is 4.79 Å². The van der Waals surface area contributed by atoms with Crippen molar-refractivity contribution in [1.82, 2.24) is 20.0 Å². The number of H-pyrrole nitrogens is 1. The number of carbonyl (C=O) groups is 1. The van der Waals surface area contributed by atoms with E-state index in [1.807, 2.05) is 29.2 Å². The number of aromatic nitrogens is 2. The van der Waals surface area contributed by atoms with Crippen LogP contribution >= 0.6 is 22.9 Å². The normalized spacial score (nSPS) is 15.3. The number of halogens is 1. The summed E-state index contributed by atoms with van der Waals surface area (Å²) in [6.07, 6.45) is 0. The average molecular weight is 387 g/mol. The predicted octanol–water partition coefficient (Wildman–Crippen LogP) is 3.75. The fourth-order valence-corrected chi connectivity index (χ4v) is 4.12. The molecule has 0 unspecified atom stereocenters. The quantitative estimate of drug-likeness (QED) is 0.743. The third kappa shape index (κ3) is 3.67. The molecule has 0 aliphatic carbocycles. The van der Waals surface area contributed by atoms with Gasteiger partial charge < -0.3 is 4.90 Å². The van der Waals surface area contributed by atoms with Gasteiger partial charge in [-0.3, -0.25) is 14.8 Å².